The second kappa shape index (κ2) is 6.42. The molecule has 1 aliphatic heterocycles. The zero-order chi connectivity index (χ0) is 19.3. The molecule has 0 amide bonds. The van der Waals surface area contributed by atoms with Gasteiger partial charge in [0.2, 0.25) is 0 Å². The molecule has 3 aromatic heterocycles. The number of rotatable bonds is 2. The van der Waals surface area contributed by atoms with Crippen molar-refractivity contribution >= 4 is 22.2 Å². The van der Waals surface area contributed by atoms with Crippen LogP contribution >= 0.6 is 0 Å². The van der Waals surface area contributed by atoms with Gasteiger partial charge >= 0.3 is 0 Å². The number of benzene rings is 1. The number of aromatic nitrogens is 5. The summed E-state index contributed by atoms with van der Waals surface area (Å²) in [7, 11) is 0. The Morgan fingerprint density at radius 1 is 1.11 bits per heavy atom. The molecule has 8 heteroatoms. The van der Waals surface area contributed by atoms with Crippen LogP contribution in [0.15, 0.2) is 41.6 Å². The van der Waals surface area contributed by atoms with E-state index in [1.165, 1.54) is 4.57 Å². The summed E-state index contributed by atoms with van der Waals surface area (Å²) in [6, 6.07) is 7.73. The van der Waals surface area contributed by atoms with E-state index in [1.807, 2.05) is 44.3 Å². The number of anilines is 1. The molecule has 1 aliphatic rings. The largest absolute Gasteiger partial charge is 0.369 e. The van der Waals surface area contributed by atoms with E-state index in [0.717, 1.165) is 48.8 Å². The molecule has 0 aliphatic carbocycles. The predicted octanol–water partition coefficient (Wildman–Crippen LogP) is 1.45. The molecule has 0 unspecified atom stereocenters. The fourth-order valence-corrected chi connectivity index (χ4v) is 3.74. The zero-order valence-corrected chi connectivity index (χ0v) is 15.9. The average Bonchev–Trinajstić information content (AvgIpc) is 3.09. The SMILES string of the molecule is Cc1cn2nc(-n3cnc4cc(N5CCNCC5)ccc4c3=O)cc(C)c2n1. The van der Waals surface area contributed by atoms with Crippen molar-refractivity contribution < 1.29 is 0 Å². The van der Waals surface area contributed by atoms with Crippen LogP contribution in [0.1, 0.15) is 11.3 Å². The summed E-state index contributed by atoms with van der Waals surface area (Å²) in [6.07, 6.45) is 3.41. The second-order valence-corrected chi connectivity index (χ2v) is 7.19. The van der Waals surface area contributed by atoms with Crippen molar-refractivity contribution in [3.05, 3.63) is 58.4 Å². The van der Waals surface area contributed by atoms with Crippen LogP contribution in [0.2, 0.25) is 0 Å². The third kappa shape index (κ3) is 2.73. The van der Waals surface area contributed by atoms with E-state index in [4.69, 9.17) is 0 Å². The Balaban J connectivity index is 1.61. The molecular weight excluding hydrogens is 354 g/mol. The molecule has 28 heavy (non-hydrogen) atoms. The van der Waals surface area contributed by atoms with E-state index in [-0.39, 0.29) is 5.56 Å². The second-order valence-electron chi connectivity index (χ2n) is 7.19. The molecule has 1 saturated heterocycles. The molecule has 0 bridgehead atoms. The summed E-state index contributed by atoms with van der Waals surface area (Å²) in [6.45, 7) is 7.73. The summed E-state index contributed by atoms with van der Waals surface area (Å²) in [5, 5.41) is 8.48. The molecular formula is C20H21N7O. The van der Waals surface area contributed by atoms with E-state index in [0.29, 0.717) is 16.7 Å². The van der Waals surface area contributed by atoms with Crippen molar-refractivity contribution in [1.29, 1.82) is 0 Å². The van der Waals surface area contributed by atoms with Crippen molar-refractivity contribution in [2.24, 2.45) is 0 Å². The van der Waals surface area contributed by atoms with Crippen molar-refractivity contribution in [1.82, 2.24) is 29.5 Å². The number of aryl methyl sites for hydroxylation is 2. The first kappa shape index (κ1) is 16.9. The Morgan fingerprint density at radius 2 is 1.93 bits per heavy atom. The highest BCUT2D eigenvalue weighted by atomic mass is 16.1. The molecule has 1 aromatic carbocycles. The summed E-state index contributed by atoms with van der Waals surface area (Å²) in [5.41, 5.74) is 4.32. The minimum absolute atomic E-state index is 0.125. The van der Waals surface area contributed by atoms with Gasteiger partial charge in [-0.2, -0.15) is 0 Å². The summed E-state index contributed by atoms with van der Waals surface area (Å²) in [4.78, 5) is 24.4. The Kier molecular flexibility index (Phi) is 3.87. The van der Waals surface area contributed by atoms with E-state index in [9.17, 15) is 4.79 Å². The highest BCUT2D eigenvalue weighted by molar-refractivity contribution is 5.81. The van der Waals surface area contributed by atoms with Gasteiger partial charge in [-0.15, -0.1) is 5.10 Å². The number of imidazole rings is 1. The lowest BCUT2D eigenvalue weighted by molar-refractivity contribution is 0.589. The first-order valence-electron chi connectivity index (χ1n) is 9.41. The fraction of sp³-hybridized carbons (Fsp3) is 0.300. The Labute approximate surface area is 161 Å². The van der Waals surface area contributed by atoms with Crippen LogP contribution in [0.4, 0.5) is 5.69 Å². The molecule has 0 spiro atoms. The molecule has 142 valence electrons. The topological polar surface area (TPSA) is 80.4 Å². The van der Waals surface area contributed by atoms with Gasteiger partial charge in [0, 0.05) is 31.9 Å². The van der Waals surface area contributed by atoms with Crippen LogP contribution in [-0.2, 0) is 0 Å². The van der Waals surface area contributed by atoms with Crippen LogP contribution in [-0.4, -0.2) is 50.3 Å². The Bertz CT molecular complexity index is 1250. The highest BCUT2D eigenvalue weighted by Gasteiger charge is 2.14. The molecule has 5 rings (SSSR count). The van der Waals surface area contributed by atoms with E-state index < -0.39 is 0 Å². The van der Waals surface area contributed by atoms with Crippen LogP contribution in [0.3, 0.4) is 0 Å². The standard InChI is InChI=1S/C20H21N7O/c1-13-9-18(24-27-11-14(2)23-19(13)27)26-12-22-17-10-15(3-4-16(17)20(26)28)25-7-5-21-6-8-25/h3-4,9-12,21H,5-8H2,1-2H3. The number of nitrogens with one attached hydrogen (secondary N) is 1. The third-order valence-electron chi connectivity index (χ3n) is 5.19. The van der Waals surface area contributed by atoms with E-state index >= 15 is 0 Å². The normalized spacial score (nSPS) is 14.9. The molecule has 1 N–H and O–H groups in total. The minimum Gasteiger partial charge on any atom is -0.369 e. The number of fused-ring (bicyclic) bond motifs is 2. The van der Waals surface area contributed by atoms with Crippen molar-refractivity contribution in [3.63, 3.8) is 0 Å². The van der Waals surface area contributed by atoms with Crippen LogP contribution in [0.25, 0.3) is 22.4 Å². The Morgan fingerprint density at radius 3 is 2.75 bits per heavy atom. The summed E-state index contributed by atoms with van der Waals surface area (Å²) in [5.74, 6) is 0.535. The first-order valence-corrected chi connectivity index (χ1v) is 9.41. The summed E-state index contributed by atoms with van der Waals surface area (Å²) >= 11 is 0. The smallest absolute Gasteiger partial charge is 0.267 e. The number of hydrogen-bond acceptors (Lipinski definition) is 6. The van der Waals surface area contributed by atoms with Gasteiger partial charge in [0.1, 0.15) is 6.33 Å². The van der Waals surface area contributed by atoms with Crippen molar-refractivity contribution in [3.8, 4) is 5.82 Å². The minimum atomic E-state index is -0.125. The lowest BCUT2D eigenvalue weighted by Gasteiger charge is -2.29. The number of nitrogens with zero attached hydrogens (tertiary/aromatic N) is 6. The van der Waals surface area contributed by atoms with E-state index in [1.54, 1.807) is 10.8 Å². The van der Waals surface area contributed by atoms with Gasteiger partial charge in [0.15, 0.2) is 11.5 Å². The van der Waals surface area contributed by atoms with Gasteiger partial charge in [-0.25, -0.2) is 19.1 Å². The van der Waals surface area contributed by atoms with Crippen LogP contribution < -0.4 is 15.8 Å². The number of piperazine rings is 1. The van der Waals surface area contributed by atoms with Crippen molar-refractivity contribution in [2.75, 3.05) is 31.1 Å². The molecule has 0 radical (unpaired) electrons. The van der Waals surface area contributed by atoms with Gasteiger partial charge in [-0.05, 0) is 43.7 Å². The summed E-state index contributed by atoms with van der Waals surface area (Å²) < 4.78 is 3.21. The van der Waals surface area contributed by atoms with Gasteiger partial charge in [0.25, 0.3) is 5.56 Å². The fourth-order valence-electron chi connectivity index (χ4n) is 3.74. The van der Waals surface area contributed by atoms with Crippen LogP contribution in [0, 0.1) is 13.8 Å². The monoisotopic (exact) mass is 375 g/mol. The zero-order valence-electron chi connectivity index (χ0n) is 15.9. The highest BCUT2D eigenvalue weighted by Crippen LogP contribution is 2.20. The first-order chi connectivity index (χ1) is 13.6. The van der Waals surface area contributed by atoms with Crippen LogP contribution in [0.5, 0.6) is 0 Å². The molecule has 4 heterocycles. The Hall–Kier alpha value is -3.26. The average molecular weight is 375 g/mol. The molecule has 0 saturated carbocycles. The molecule has 4 aromatic rings. The molecule has 8 nitrogen and oxygen atoms in total. The number of hydrogen-bond donors (Lipinski definition) is 1. The van der Waals surface area contributed by atoms with Crippen molar-refractivity contribution in [2.45, 2.75) is 13.8 Å². The van der Waals surface area contributed by atoms with Gasteiger partial charge in [0.05, 0.1) is 22.8 Å². The maximum Gasteiger partial charge on any atom is 0.267 e. The van der Waals surface area contributed by atoms with Gasteiger partial charge < -0.3 is 10.2 Å². The molecule has 0 atom stereocenters. The maximum absolute atomic E-state index is 13.1. The predicted molar refractivity (Wildman–Crippen MR) is 108 cm³/mol. The maximum atomic E-state index is 13.1. The molecule has 1 fully saturated rings. The third-order valence-corrected chi connectivity index (χ3v) is 5.19. The quantitative estimate of drug-likeness (QED) is 0.571. The lowest BCUT2D eigenvalue weighted by Crippen LogP contribution is -2.43. The van der Waals surface area contributed by atoms with Gasteiger partial charge in [-0.3, -0.25) is 4.79 Å². The van der Waals surface area contributed by atoms with E-state index in [2.05, 4.69) is 25.3 Å². The lowest BCUT2D eigenvalue weighted by atomic mass is 10.2. The van der Waals surface area contributed by atoms with Gasteiger partial charge in [-0.1, -0.05) is 0 Å².